The summed E-state index contributed by atoms with van der Waals surface area (Å²) in [6.45, 7) is 5.20. The van der Waals surface area contributed by atoms with E-state index in [1.54, 1.807) is 11.8 Å². The van der Waals surface area contributed by atoms with Crippen molar-refractivity contribution in [2.45, 2.75) is 26.7 Å². The van der Waals surface area contributed by atoms with Gasteiger partial charge in [0.25, 0.3) is 5.91 Å². The van der Waals surface area contributed by atoms with Gasteiger partial charge in [0, 0.05) is 19.3 Å². The number of piperidine rings is 1. The van der Waals surface area contributed by atoms with Crippen molar-refractivity contribution in [3.05, 3.63) is 23.8 Å². The van der Waals surface area contributed by atoms with Crippen LogP contribution < -0.4 is 0 Å². The van der Waals surface area contributed by atoms with Crippen molar-refractivity contribution < 1.29 is 14.3 Å². The van der Waals surface area contributed by atoms with E-state index in [0.29, 0.717) is 5.92 Å². The van der Waals surface area contributed by atoms with E-state index in [1.807, 2.05) is 0 Å². The van der Waals surface area contributed by atoms with E-state index in [2.05, 4.69) is 16.9 Å². The second-order valence-corrected chi connectivity index (χ2v) is 5.18. The van der Waals surface area contributed by atoms with Crippen LogP contribution in [0.2, 0.25) is 0 Å². The summed E-state index contributed by atoms with van der Waals surface area (Å²) in [5, 5.41) is 0. The maximum Gasteiger partial charge on any atom is 0.359 e. The number of aromatic nitrogens is 2. The summed E-state index contributed by atoms with van der Waals surface area (Å²) in [5.74, 6) is -0.106. The van der Waals surface area contributed by atoms with E-state index in [0.717, 1.165) is 31.6 Å². The van der Waals surface area contributed by atoms with Crippen LogP contribution in [0.15, 0.2) is 12.4 Å². The van der Waals surface area contributed by atoms with Crippen LogP contribution in [0.4, 0.5) is 0 Å². The molecule has 1 saturated heterocycles. The molecule has 6 nitrogen and oxygen atoms in total. The predicted octanol–water partition coefficient (Wildman–Crippen LogP) is 1.20. The molecule has 1 aromatic rings. The summed E-state index contributed by atoms with van der Waals surface area (Å²) < 4.78 is 4.98. The molecule has 1 fully saturated rings. The van der Waals surface area contributed by atoms with Crippen molar-refractivity contribution in [2.24, 2.45) is 5.92 Å². The number of esters is 1. The number of amides is 1. The van der Waals surface area contributed by atoms with E-state index < -0.39 is 5.97 Å². The van der Waals surface area contributed by atoms with Gasteiger partial charge in [0.2, 0.25) is 0 Å². The molecule has 20 heavy (non-hydrogen) atoms. The Balaban J connectivity index is 1.81. The number of nitrogens with zero attached hydrogens (tertiary/aromatic N) is 3. The van der Waals surface area contributed by atoms with E-state index in [1.165, 1.54) is 12.4 Å². The first kappa shape index (κ1) is 14.4. The van der Waals surface area contributed by atoms with Gasteiger partial charge in [-0.2, -0.15) is 0 Å². The fourth-order valence-corrected chi connectivity index (χ4v) is 2.05. The molecule has 108 valence electrons. The maximum atomic E-state index is 11.9. The fourth-order valence-electron chi connectivity index (χ4n) is 2.05. The molecule has 0 unspecified atom stereocenters. The third-order valence-corrected chi connectivity index (χ3v) is 3.45. The van der Waals surface area contributed by atoms with Crippen molar-refractivity contribution in [1.29, 1.82) is 0 Å². The molecule has 0 radical (unpaired) electrons. The molecule has 0 saturated carbocycles. The molecule has 2 rings (SSSR count). The van der Waals surface area contributed by atoms with Crippen LogP contribution in [0.3, 0.4) is 0 Å². The molecule has 0 bridgehead atoms. The first-order valence-electron chi connectivity index (χ1n) is 6.80. The summed E-state index contributed by atoms with van der Waals surface area (Å²) in [4.78, 5) is 33.2. The third kappa shape index (κ3) is 3.76. The molecular formula is C14H19N3O3. The van der Waals surface area contributed by atoms with E-state index in [9.17, 15) is 9.59 Å². The Morgan fingerprint density at radius 2 is 2.00 bits per heavy atom. The van der Waals surface area contributed by atoms with Crippen molar-refractivity contribution >= 4 is 11.9 Å². The van der Waals surface area contributed by atoms with Gasteiger partial charge in [-0.05, 0) is 25.7 Å². The minimum atomic E-state index is -0.615. The molecule has 0 atom stereocenters. The van der Waals surface area contributed by atoms with Crippen LogP contribution in [0.5, 0.6) is 0 Å². The van der Waals surface area contributed by atoms with Crippen LogP contribution in [0.1, 0.15) is 35.9 Å². The highest BCUT2D eigenvalue weighted by molar-refractivity contribution is 5.89. The fraction of sp³-hybridized carbons (Fsp3) is 0.571. The Hall–Kier alpha value is -1.98. The Bertz CT molecular complexity index is 479. The monoisotopic (exact) mass is 277 g/mol. The van der Waals surface area contributed by atoms with Gasteiger partial charge >= 0.3 is 5.97 Å². The minimum Gasteiger partial charge on any atom is -0.451 e. The number of hydrogen-bond donors (Lipinski definition) is 0. The van der Waals surface area contributed by atoms with Gasteiger partial charge in [0.05, 0.1) is 11.9 Å². The molecule has 0 spiro atoms. The van der Waals surface area contributed by atoms with E-state index >= 15 is 0 Å². The number of carbonyl (C=O) groups is 2. The van der Waals surface area contributed by atoms with Gasteiger partial charge in [-0.25, -0.2) is 9.78 Å². The average Bonchev–Trinajstić information content (AvgIpc) is 2.46. The number of carbonyl (C=O) groups excluding carboxylic acids is 2. The first-order chi connectivity index (χ1) is 9.56. The summed E-state index contributed by atoms with van der Waals surface area (Å²) in [5.41, 5.74) is 0.843. The van der Waals surface area contributed by atoms with Gasteiger partial charge < -0.3 is 9.64 Å². The quantitative estimate of drug-likeness (QED) is 0.776. The smallest absolute Gasteiger partial charge is 0.359 e. The summed E-state index contributed by atoms with van der Waals surface area (Å²) in [7, 11) is 0. The SMILES string of the molecule is Cc1cnc(C(=O)OCC(=O)N2CCC(C)CC2)cn1. The van der Waals surface area contributed by atoms with Gasteiger partial charge in [-0.1, -0.05) is 6.92 Å². The molecule has 0 N–H and O–H groups in total. The highest BCUT2D eigenvalue weighted by Gasteiger charge is 2.21. The molecule has 0 aromatic carbocycles. The van der Waals surface area contributed by atoms with Crippen LogP contribution >= 0.6 is 0 Å². The minimum absolute atomic E-state index is 0.121. The Morgan fingerprint density at radius 3 is 2.60 bits per heavy atom. The van der Waals surface area contributed by atoms with Gasteiger partial charge in [0.15, 0.2) is 12.3 Å². The zero-order valence-corrected chi connectivity index (χ0v) is 11.8. The van der Waals surface area contributed by atoms with Crippen LogP contribution in [-0.4, -0.2) is 46.4 Å². The number of likely N-dealkylation sites (tertiary alicyclic amines) is 1. The number of hydrogen-bond acceptors (Lipinski definition) is 5. The summed E-state index contributed by atoms with van der Waals surface area (Å²) in [6.07, 6.45) is 4.85. The predicted molar refractivity (Wildman–Crippen MR) is 72.0 cm³/mol. The van der Waals surface area contributed by atoms with Crippen molar-refractivity contribution in [1.82, 2.24) is 14.9 Å². The van der Waals surface area contributed by atoms with E-state index in [4.69, 9.17) is 4.74 Å². The highest BCUT2D eigenvalue weighted by Crippen LogP contribution is 2.15. The van der Waals surface area contributed by atoms with Crippen molar-refractivity contribution in [3.8, 4) is 0 Å². The lowest BCUT2D eigenvalue weighted by Crippen LogP contribution is -2.40. The second kappa shape index (κ2) is 6.45. The molecule has 6 heteroatoms. The Labute approximate surface area is 118 Å². The van der Waals surface area contributed by atoms with Gasteiger partial charge in [-0.3, -0.25) is 9.78 Å². The molecule has 1 aliphatic heterocycles. The highest BCUT2D eigenvalue weighted by atomic mass is 16.5. The van der Waals surface area contributed by atoms with Crippen LogP contribution in [-0.2, 0) is 9.53 Å². The van der Waals surface area contributed by atoms with Crippen molar-refractivity contribution in [2.75, 3.05) is 19.7 Å². The van der Waals surface area contributed by atoms with Crippen LogP contribution in [0, 0.1) is 12.8 Å². The lowest BCUT2D eigenvalue weighted by molar-refractivity contribution is -0.135. The molecule has 0 aliphatic carbocycles. The van der Waals surface area contributed by atoms with Crippen molar-refractivity contribution in [3.63, 3.8) is 0 Å². The number of aryl methyl sites for hydroxylation is 1. The Kier molecular flexibility index (Phi) is 4.65. The molecular weight excluding hydrogens is 258 g/mol. The zero-order valence-electron chi connectivity index (χ0n) is 11.8. The lowest BCUT2D eigenvalue weighted by atomic mass is 9.99. The Morgan fingerprint density at radius 1 is 1.30 bits per heavy atom. The third-order valence-electron chi connectivity index (χ3n) is 3.45. The summed E-state index contributed by atoms with van der Waals surface area (Å²) in [6, 6.07) is 0. The average molecular weight is 277 g/mol. The van der Waals surface area contributed by atoms with Crippen LogP contribution in [0.25, 0.3) is 0 Å². The number of ether oxygens (including phenoxy) is 1. The molecule has 1 aliphatic rings. The van der Waals surface area contributed by atoms with Gasteiger partial charge in [0.1, 0.15) is 0 Å². The standard InChI is InChI=1S/C14H19N3O3/c1-10-3-5-17(6-4-10)13(18)9-20-14(19)12-8-15-11(2)7-16-12/h7-8,10H,3-6,9H2,1-2H3. The molecule has 2 heterocycles. The maximum absolute atomic E-state index is 11.9. The first-order valence-corrected chi connectivity index (χ1v) is 6.80. The van der Waals surface area contributed by atoms with E-state index in [-0.39, 0.29) is 18.2 Å². The second-order valence-electron chi connectivity index (χ2n) is 5.18. The normalized spacial score (nSPS) is 16.0. The van der Waals surface area contributed by atoms with Gasteiger partial charge in [-0.15, -0.1) is 0 Å². The zero-order chi connectivity index (χ0) is 14.5. The lowest BCUT2D eigenvalue weighted by Gasteiger charge is -2.30. The molecule has 1 aromatic heterocycles. The number of rotatable bonds is 3. The largest absolute Gasteiger partial charge is 0.451 e. The molecule has 1 amide bonds. The summed E-state index contributed by atoms with van der Waals surface area (Å²) >= 11 is 0. The topological polar surface area (TPSA) is 72.4 Å².